The van der Waals surface area contributed by atoms with E-state index in [1.165, 1.54) is 7.11 Å². The maximum absolute atomic E-state index is 13.3. The van der Waals surface area contributed by atoms with Gasteiger partial charge in [-0.3, -0.25) is 4.79 Å². The van der Waals surface area contributed by atoms with Crippen LogP contribution in [0.5, 0.6) is 5.75 Å². The Labute approximate surface area is 212 Å². The molecular weight excluding hydrogens is 456 g/mol. The van der Waals surface area contributed by atoms with Gasteiger partial charge in [-0.2, -0.15) is 0 Å². The summed E-state index contributed by atoms with van der Waals surface area (Å²) in [4.78, 5) is 29.1. The zero-order valence-electron chi connectivity index (χ0n) is 21.0. The lowest BCUT2D eigenvalue weighted by Gasteiger charge is -2.38. The van der Waals surface area contributed by atoms with Crippen LogP contribution in [0.4, 0.5) is 11.4 Å². The van der Waals surface area contributed by atoms with Gasteiger partial charge >= 0.3 is 5.97 Å². The molecule has 0 saturated carbocycles. The Morgan fingerprint density at radius 3 is 2.47 bits per heavy atom. The second kappa shape index (κ2) is 11.7. The summed E-state index contributed by atoms with van der Waals surface area (Å²) in [5, 5.41) is 0. The standard InChI is InChI=1S/C29H32N2O5/c1-4-35-27(29(33)34-3)19-22-11-13-24(14-12-22)36-17-16-30-20-31(23-8-6-5-7-9-23)26-15-10-21(2)18-25(26)28(30)32/h5-15,18,27H,4,16-17,19-20H2,1-3H3. The van der Waals surface area contributed by atoms with Crippen LogP contribution in [0.3, 0.4) is 0 Å². The molecule has 1 unspecified atom stereocenters. The molecule has 188 valence electrons. The first-order valence-electron chi connectivity index (χ1n) is 12.1. The zero-order chi connectivity index (χ0) is 25.5. The van der Waals surface area contributed by atoms with Crippen LogP contribution in [-0.2, 0) is 20.7 Å². The second-order valence-corrected chi connectivity index (χ2v) is 8.66. The number of esters is 1. The number of aryl methyl sites for hydroxylation is 1. The summed E-state index contributed by atoms with van der Waals surface area (Å²) >= 11 is 0. The molecule has 0 fully saturated rings. The highest BCUT2D eigenvalue weighted by molar-refractivity contribution is 6.03. The number of rotatable bonds is 10. The number of hydrogen-bond acceptors (Lipinski definition) is 6. The topological polar surface area (TPSA) is 68.3 Å². The van der Waals surface area contributed by atoms with E-state index >= 15 is 0 Å². The summed E-state index contributed by atoms with van der Waals surface area (Å²) in [7, 11) is 1.36. The van der Waals surface area contributed by atoms with E-state index < -0.39 is 6.10 Å². The average molecular weight is 489 g/mol. The van der Waals surface area contributed by atoms with Crippen molar-refractivity contribution in [2.45, 2.75) is 26.4 Å². The van der Waals surface area contributed by atoms with Crippen molar-refractivity contribution in [1.82, 2.24) is 4.90 Å². The number of nitrogens with zero attached hydrogens (tertiary/aromatic N) is 2. The molecule has 3 aromatic carbocycles. The van der Waals surface area contributed by atoms with Crippen molar-refractivity contribution >= 4 is 23.3 Å². The molecule has 4 rings (SSSR count). The number of amides is 1. The molecule has 36 heavy (non-hydrogen) atoms. The lowest BCUT2D eigenvalue weighted by atomic mass is 10.0. The highest BCUT2D eigenvalue weighted by atomic mass is 16.6. The van der Waals surface area contributed by atoms with Crippen LogP contribution in [0.15, 0.2) is 72.8 Å². The first-order chi connectivity index (χ1) is 17.5. The summed E-state index contributed by atoms with van der Waals surface area (Å²) in [6, 6.07) is 23.6. The van der Waals surface area contributed by atoms with E-state index in [2.05, 4.69) is 4.90 Å². The highest BCUT2D eigenvalue weighted by Gasteiger charge is 2.30. The fourth-order valence-electron chi connectivity index (χ4n) is 4.29. The normalized spacial score (nSPS) is 13.8. The van der Waals surface area contributed by atoms with Crippen LogP contribution in [0, 0.1) is 6.92 Å². The minimum absolute atomic E-state index is 0.00426. The summed E-state index contributed by atoms with van der Waals surface area (Å²) in [6.45, 7) is 5.53. The third kappa shape index (κ3) is 5.86. The lowest BCUT2D eigenvalue weighted by molar-refractivity contribution is -0.153. The van der Waals surface area contributed by atoms with E-state index in [1.54, 1.807) is 0 Å². The second-order valence-electron chi connectivity index (χ2n) is 8.66. The van der Waals surface area contributed by atoms with E-state index in [0.29, 0.717) is 44.2 Å². The molecule has 7 heteroatoms. The van der Waals surface area contributed by atoms with E-state index in [1.807, 2.05) is 91.5 Å². The molecule has 0 bridgehead atoms. The Hall–Kier alpha value is -3.84. The summed E-state index contributed by atoms with van der Waals surface area (Å²) in [6.07, 6.45) is -0.201. The molecule has 1 atom stereocenters. The molecule has 0 aliphatic carbocycles. The Balaban J connectivity index is 1.40. The van der Waals surface area contributed by atoms with Gasteiger partial charge in [-0.1, -0.05) is 42.0 Å². The van der Waals surface area contributed by atoms with Crippen molar-refractivity contribution in [3.05, 3.63) is 89.5 Å². The quantitative estimate of drug-likeness (QED) is 0.384. The lowest BCUT2D eigenvalue weighted by Crippen LogP contribution is -2.46. The average Bonchev–Trinajstić information content (AvgIpc) is 2.91. The fourth-order valence-corrected chi connectivity index (χ4v) is 4.29. The number of ether oxygens (including phenoxy) is 3. The fraction of sp³-hybridized carbons (Fsp3) is 0.310. The number of hydrogen-bond donors (Lipinski definition) is 0. The monoisotopic (exact) mass is 488 g/mol. The molecule has 7 nitrogen and oxygen atoms in total. The van der Waals surface area contributed by atoms with Gasteiger partial charge in [0.25, 0.3) is 5.91 Å². The predicted molar refractivity (Wildman–Crippen MR) is 139 cm³/mol. The van der Waals surface area contributed by atoms with E-state index in [9.17, 15) is 9.59 Å². The molecule has 0 radical (unpaired) electrons. The number of methoxy groups -OCH3 is 1. The first-order valence-corrected chi connectivity index (χ1v) is 12.1. The van der Waals surface area contributed by atoms with Gasteiger partial charge in [-0.15, -0.1) is 0 Å². The van der Waals surface area contributed by atoms with Crippen molar-refractivity contribution in [1.29, 1.82) is 0 Å². The number of para-hydroxylation sites is 1. The number of carbonyl (C=O) groups is 2. The van der Waals surface area contributed by atoms with Crippen LogP contribution in [0.1, 0.15) is 28.4 Å². The van der Waals surface area contributed by atoms with Crippen molar-refractivity contribution in [3.63, 3.8) is 0 Å². The number of carbonyl (C=O) groups excluding carboxylic acids is 2. The van der Waals surface area contributed by atoms with E-state index in [-0.39, 0.29) is 11.9 Å². The van der Waals surface area contributed by atoms with Crippen molar-refractivity contribution in [2.24, 2.45) is 0 Å². The molecule has 1 aliphatic heterocycles. The van der Waals surface area contributed by atoms with Crippen molar-refractivity contribution in [3.8, 4) is 5.75 Å². The molecule has 0 aromatic heterocycles. The van der Waals surface area contributed by atoms with Crippen molar-refractivity contribution < 1.29 is 23.8 Å². The minimum Gasteiger partial charge on any atom is -0.492 e. The van der Waals surface area contributed by atoms with Gasteiger partial charge in [0.15, 0.2) is 6.10 Å². The molecule has 0 saturated heterocycles. The van der Waals surface area contributed by atoms with Crippen molar-refractivity contribution in [2.75, 3.05) is 38.4 Å². The van der Waals surface area contributed by atoms with Crippen LogP contribution in [0.2, 0.25) is 0 Å². The maximum Gasteiger partial charge on any atom is 0.335 e. The summed E-state index contributed by atoms with van der Waals surface area (Å²) < 4.78 is 16.3. The van der Waals surface area contributed by atoms with Gasteiger partial charge in [0.05, 0.1) is 31.6 Å². The molecule has 1 amide bonds. The number of benzene rings is 3. The van der Waals surface area contributed by atoms with Crippen LogP contribution < -0.4 is 9.64 Å². The minimum atomic E-state index is -0.629. The van der Waals surface area contributed by atoms with Gasteiger partial charge in [-0.25, -0.2) is 4.79 Å². The Morgan fingerprint density at radius 2 is 1.78 bits per heavy atom. The van der Waals surface area contributed by atoms with Gasteiger partial charge in [0, 0.05) is 18.7 Å². The zero-order valence-corrected chi connectivity index (χ0v) is 21.0. The summed E-state index contributed by atoms with van der Waals surface area (Å²) in [5.74, 6) is 0.319. The van der Waals surface area contributed by atoms with Gasteiger partial charge < -0.3 is 24.0 Å². The molecule has 3 aromatic rings. The number of fused-ring (bicyclic) bond motifs is 1. The Bertz CT molecular complexity index is 1180. The molecular formula is C29H32N2O5. The Morgan fingerprint density at radius 1 is 1.03 bits per heavy atom. The Kier molecular flexibility index (Phi) is 8.23. The highest BCUT2D eigenvalue weighted by Crippen LogP contribution is 2.34. The third-order valence-corrected chi connectivity index (χ3v) is 6.15. The SMILES string of the molecule is CCOC(Cc1ccc(OCCN2CN(c3ccccc3)c3ccc(C)cc3C2=O)cc1)C(=O)OC. The van der Waals surface area contributed by atoms with E-state index in [4.69, 9.17) is 14.2 Å². The molecule has 1 aliphatic rings. The maximum atomic E-state index is 13.3. The van der Waals surface area contributed by atoms with Crippen LogP contribution in [-0.4, -0.2) is 56.4 Å². The predicted octanol–water partition coefficient (Wildman–Crippen LogP) is 4.75. The smallest absolute Gasteiger partial charge is 0.335 e. The number of anilines is 2. The molecule has 1 heterocycles. The third-order valence-electron chi connectivity index (χ3n) is 6.15. The summed E-state index contributed by atoms with van der Waals surface area (Å²) in [5.41, 5.74) is 4.65. The van der Waals surface area contributed by atoms with Crippen LogP contribution >= 0.6 is 0 Å². The van der Waals surface area contributed by atoms with E-state index in [0.717, 1.165) is 22.5 Å². The first kappa shape index (κ1) is 25.3. The molecule has 0 N–H and O–H groups in total. The van der Waals surface area contributed by atoms with Gasteiger partial charge in [0.1, 0.15) is 12.4 Å². The largest absolute Gasteiger partial charge is 0.492 e. The van der Waals surface area contributed by atoms with Crippen LogP contribution in [0.25, 0.3) is 0 Å². The van der Waals surface area contributed by atoms with Gasteiger partial charge in [-0.05, 0) is 55.8 Å². The van der Waals surface area contributed by atoms with Gasteiger partial charge in [0.2, 0.25) is 0 Å². The molecule has 0 spiro atoms.